The number of nitrogens with one attached hydrogen (secondary N) is 3. The molecule has 2 aliphatic rings. The van der Waals surface area contributed by atoms with E-state index in [1.165, 1.54) is 29.5 Å². The summed E-state index contributed by atoms with van der Waals surface area (Å²) in [7, 11) is -2.28. The quantitative estimate of drug-likeness (QED) is 0.101. The Morgan fingerprint density at radius 3 is 1.69 bits per heavy atom. The van der Waals surface area contributed by atoms with E-state index in [4.69, 9.17) is 66.6 Å². The first-order valence-corrected chi connectivity index (χ1v) is 24.5. The van der Waals surface area contributed by atoms with Crippen molar-refractivity contribution in [3.05, 3.63) is 128 Å². The predicted molar refractivity (Wildman–Crippen MR) is 241 cm³/mol. The van der Waals surface area contributed by atoms with Gasteiger partial charge in [0.15, 0.2) is 5.13 Å². The van der Waals surface area contributed by atoms with Gasteiger partial charge in [-0.25, -0.2) is 21.8 Å². The molecule has 0 bridgehead atoms. The highest BCUT2D eigenvalue weighted by molar-refractivity contribution is 8.13. The Bertz CT molecular complexity index is 2850. The molecule has 20 heteroatoms. The molecular weight excluding hydrogens is 950 g/mol. The maximum Gasteiger partial charge on any atom is 0.263 e. The van der Waals surface area contributed by atoms with Crippen molar-refractivity contribution < 1.29 is 35.9 Å². The molecule has 3 heterocycles. The lowest BCUT2D eigenvalue weighted by molar-refractivity contribution is -0.121. The average Bonchev–Trinajstić information content (AvgIpc) is 3.61. The largest absolute Gasteiger partial charge is 0.492 e. The standard InChI is InChI=1S/C24H19Cl2N3O4S2.C17H14Cl3NO4S/c25-16-5-8-21(18(26)13-16)33-10-9-14-11-15-12-17(6-7-19(15)27-23(14)30)35(31,32)29-24-28-20-3-1-2-4-22(20)34-24;18-12-1-4-16(14(19)9-12)25-6-5-10-7-11-8-13(26(20,23)24)2-3-15(11)21-17(10)22/h1-8,12-14H,9-11H2,(H,27,30)(H,28,29);1-4,8-10H,5-7H2,(H,21,22). The molecule has 3 N–H and O–H groups in total. The van der Waals surface area contributed by atoms with Crippen LogP contribution >= 0.6 is 68.4 Å². The Hall–Kier alpha value is -4.32. The van der Waals surface area contributed by atoms with Gasteiger partial charge in [0, 0.05) is 43.9 Å². The molecule has 0 aliphatic carbocycles. The fraction of sp³-hybridized carbons (Fsp3) is 0.195. The monoisotopic (exact) mass is 980 g/mol. The van der Waals surface area contributed by atoms with Crippen molar-refractivity contribution in [2.24, 2.45) is 11.8 Å². The second-order valence-electron chi connectivity index (χ2n) is 13.9. The fourth-order valence-electron chi connectivity index (χ4n) is 6.59. The number of rotatable bonds is 12. The maximum absolute atomic E-state index is 13.0. The number of ether oxygens (including phenoxy) is 2. The van der Waals surface area contributed by atoms with Crippen LogP contribution in [0, 0.1) is 11.8 Å². The molecule has 0 spiro atoms. The maximum atomic E-state index is 13.0. The van der Waals surface area contributed by atoms with E-state index < -0.39 is 19.1 Å². The number of carbonyl (C=O) groups is 2. The van der Waals surface area contributed by atoms with E-state index >= 15 is 0 Å². The number of hydrogen-bond acceptors (Lipinski definition) is 10. The van der Waals surface area contributed by atoms with Crippen molar-refractivity contribution in [2.75, 3.05) is 28.6 Å². The number of hydrogen-bond donors (Lipinski definition) is 3. The van der Waals surface area contributed by atoms with Gasteiger partial charge in [-0.2, -0.15) is 0 Å². The molecule has 8 rings (SSSR count). The molecule has 12 nitrogen and oxygen atoms in total. The number of halogens is 5. The topological polar surface area (TPSA) is 170 Å². The minimum absolute atomic E-state index is 0.0111. The van der Waals surface area contributed by atoms with Crippen LogP contribution in [0.25, 0.3) is 10.2 Å². The van der Waals surface area contributed by atoms with Gasteiger partial charge in [-0.3, -0.25) is 14.3 Å². The third-order valence-electron chi connectivity index (χ3n) is 9.69. The summed E-state index contributed by atoms with van der Waals surface area (Å²) in [5.74, 6) is -0.00732. The molecule has 0 saturated heterocycles. The summed E-state index contributed by atoms with van der Waals surface area (Å²) in [6, 6.07) is 26.4. The predicted octanol–water partition coefficient (Wildman–Crippen LogP) is 10.5. The number of amides is 2. The highest BCUT2D eigenvalue weighted by atomic mass is 35.7. The summed E-state index contributed by atoms with van der Waals surface area (Å²) in [5.41, 5.74) is 3.39. The van der Waals surface area contributed by atoms with Gasteiger partial charge in [-0.15, -0.1) is 0 Å². The van der Waals surface area contributed by atoms with Crippen molar-refractivity contribution in [3.63, 3.8) is 0 Å². The molecule has 2 unspecified atom stereocenters. The Kier molecular flexibility index (Phi) is 13.9. The third-order valence-corrected chi connectivity index (χ3v) is 14.5. The van der Waals surface area contributed by atoms with Gasteiger partial charge in [-0.1, -0.05) is 69.9 Å². The van der Waals surface area contributed by atoms with Crippen LogP contribution in [0.15, 0.2) is 107 Å². The van der Waals surface area contributed by atoms with Gasteiger partial charge < -0.3 is 20.1 Å². The number of fused-ring (bicyclic) bond motifs is 3. The number of sulfonamides is 1. The lowest BCUT2D eigenvalue weighted by atomic mass is 9.91. The zero-order chi connectivity index (χ0) is 43.5. The second kappa shape index (κ2) is 19.0. The Labute approximate surface area is 379 Å². The van der Waals surface area contributed by atoms with E-state index in [2.05, 4.69) is 20.3 Å². The minimum atomic E-state index is -3.85. The molecule has 5 aromatic carbocycles. The Morgan fingerprint density at radius 2 is 1.18 bits per heavy atom. The normalized spacial score (nSPS) is 16.0. The van der Waals surface area contributed by atoms with E-state index in [0.29, 0.717) is 73.8 Å². The summed E-state index contributed by atoms with van der Waals surface area (Å²) in [4.78, 5) is 29.3. The average molecular weight is 983 g/mol. The minimum Gasteiger partial charge on any atom is -0.492 e. The molecule has 318 valence electrons. The van der Waals surface area contributed by atoms with Gasteiger partial charge in [-0.05, 0) is 122 Å². The number of anilines is 3. The fourth-order valence-corrected chi connectivity index (χ4v) is 10.5. The van der Waals surface area contributed by atoms with Crippen molar-refractivity contribution in [1.29, 1.82) is 0 Å². The number of benzene rings is 5. The summed E-state index contributed by atoms with van der Waals surface area (Å²) < 4.78 is 63.8. The number of nitrogens with zero attached hydrogens (tertiary/aromatic N) is 1. The third kappa shape index (κ3) is 11.2. The van der Waals surface area contributed by atoms with Crippen molar-refractivity contribution >= 4 is 126 Å². The molecule has 61 heavy (non-hydrogen) atoms. The molecule has 0 fully saturated rings. The summed E-state index contributed by atoms with van der Waals surface area (Å²) >= 11 is 25.2. The van der Waals surface area contributed by atoms with E-state index in [9.17, 15) is 26.4 Å². The number of carbonyl (C=O) groups excluding carboxylic acids is 2. The molecule has 2 amide bonds. The van der Waals surface area contributed by atoms with E-state index in [1.54, 1.807) is 54.6 Å². The summed E-state index contributed by atoms with van der Waals surface area (Å²) in [6.45, 7) is 0.550. The van der Waals surface area contributed by atoms with Gasteiger partial charge in [0.05, 0.1) is 43.3 Å². The highest BCUT2D eigenvalue weighted by Gasteiger charge is 2.29. The zero-order valence-electron chi connectivity index (χ0n) is 31.5. The molecule has 0 radical (unpaired) electrons. The first kappa shape index (κ1) is 44.7. The highest BCUT2D eigenvalue weighted by Crippen LogP contribution is 2.34. The molecular formula is C41H33Cl5N4O8S3. The van der Waals surface area contributed by atoms with Crippen LogP contribution in [0.4, 0.5) is 16.5 Å². The van der Waals surface area contributed by atoms with Crippen LogP contribution in [-0.2, 0) is 41.5 Å². The van der Waals surface area contributed by atoms with Crippen LogP contribution in [0.1, 0.15) is 24.0 Å². The smallest absolute Gasteiger partial charge is 0.263 e. The lowest BCUT2D eigenvalue weighted by Gasteiger charge is -2.25. The SMILES string of the molecule is O=C1Nc2ccc(S(=O)(=O)Cl)cc2CC1CCOc1ccc(Cl)cc1Cl.O=C1Nc2ccc(S(=O)(=O)Nc3nc4ccccc4s3)cc2CC1CCOc1ccc(Cl)cc1Cl. The van der Waals surface area contributed by atoms with Gasteiger partial charge in [0.25, 0.3) is 19.1 Å². The molecule has 1 aromatic heterocycles. The molecule has 2 aliphatic heterocycles. The first-order valence-electron chi connectivity index (χ1n) is 18.4. The Morgan fingerprint density at radius 1 is 0.672 bits per heavy atom. The van der Waals surface area contributed by atoms with E-state index in [1.807, 2.05) is 24.3 Å². The van der Waals surface area contributed by atoms with Crippen LogP contribution in [0.3, 0.4) is 0 Å². The summed E-state index contributed by atoms with van der Waals surface area (Å²) in [6.07, 6.45) is 1.68. The number of thiazole rings is 1. The number of para-hydroxylation sites is 1. The summed E-state index contributed by atoms with van der Waals surface area (Å²) in [5, 5.41) is 7.75. The zero-order valence-corrected chi connectivity index (χ0v) is 37.7. The van der Waals surface area contributed by atoms with Gasteiger partial charge in [0.1, 0.15) is 11.5 Å². The van der Waals surface area contributed by atoms with E-state index in [-0.39, 0.29) is 46.7 Å². The van der Waals surface area contributed by atoms with Gasteiger partial charge >= 0.3 is 0 Å². The lowest BCUT2D eigenvalue weighted by Crippen LogP contribution is -2.31. The first-order chi connectivity index (χ1) is 29.0. The van der Waals surface area contributed by atoms with Crippen LogP contribution < -0.4 is 24.8 Å². The van der Waals surface area contributed by atoms with Crippen molar-refractivity contribution in [2.45, 2.75) is 35.5 Å². The Balaban J connectivity index is 0.000000193. The molecule has 6 aromatic rings. The van der Waals surface area contributed by atoms with Crippen LogP contribution in [0.2, 0.25) is 20.1 Å². The molecule has 0 saturated carbocycles. The van der Waals surface area contributed by atoms with Gasteiger partial charge in [0.2, 0.25) is 11.8 Å². The number of aromatic nitrogens is 1. The van der Waals surface area contributed by atoms with Crippen LogP contribution in [-0.4, -0.2) is 46.8 Å². The van der Waals surface area contributed by atoms with Crippen molar-refractivity contribution in [3.8, 4) is 11.5 Å². The van der Waals surface area contributed by atoms with E-state index in [0.717, 1.165) is 21.3 Å². The van der Waals surface area contributed by atoms with Crippen molar-refractivity contribution in [1.82, 2.24) is 4.98 Å². The molecule has 2 atom stereocenters. The van der Waals surface area contributed by atoms with Crippen LogP contribution in [0.5, 0.6) is 11.5 Å². The second-order valence-corrected chi connectivity index (χ2v) is 20.8.